The summed E-state index contributed by atoms with van der Waals surface area (Å²) in [6.07, 6.45) is 5.37. The minimum Gasteiger partial charge on any atom is -0.393 e. The number of sulfonamides is 1. The number of halogens is 1. The molecule has 0 aromatic carbocycles. The molecule has 0 unspecified atom stereocenters. The summed E-state index contributed by atoms with van der Waals surface area (Å²) in [5, 5.41) is 12.4. The average Bonchev–Trinajstić information content (AvgIpc) is 3.67. The van der Waals surface area contributed by atoms with E-state index < -0.39 is 71.3 Å². The molecule has 0 heterocycles. The van der Waals surface area contributed by atoms with Gasteiger partial charge in [-0.05, 0) is 51.4 Å². The molecule has 0 spiro atoms. The molecule has 3 saturated carbocycles. The molecule has 0 aromatic rings. The number of carbonyl (C=O) groups is 3. The van der Waals surface area contributed by atoms with Gasteiger partial charge in [0.25, 0.3) is 5.91 Å². The Morgan fingerprint density at radius 1 is 1.21 bits per heavy atom. The second-order valence-corrected chi connectivity index (χ2v) is 13.7. The van der Waals surface area contributed by atoms with Crippen LogP contribution < -0.4 is 10.0 Å². The van der Waals surface area contributed by atoms with Gasteiger partial charge in [0.2, 0.25) is 21.8 Å². The molecule has 3 N–H and O–H groups in total. The fourth-order valence-electron chi connectivity index (χ4n) is 4.43. The summed E-state index contributed by atoms with van der Waals surface area (Å²) < 4.78 is 30.4. The number of hydrogen-bond acceptors (Lipinski definition) is 6. The number of aliphatic hydroxyl groups is 1. The number of aliphatic hydroxyl groups excluding tert-OH is 1. The van der Waals surface area contributed by atoms with E-state index in [-0.39, 0.29) is 22.7 Å². The maximum atomic E-state index is 13.2. The van der Waals surface area contributed by atoms with Crippen LogP contribution in [-0.4, -0.2) is 75.1 Å². The van der Waals surface area contributed by atoms with Crippen LogP contribution in [0.1, 0.15) is 51.4 Å². The lowest BCUT2D eigenvalue weighted by atomic mass is 9.93. The lowest BCUT2D eigenvalue weighted by Gasteiger charge is -2.26. The predicted molar refractivity (Wildman–Crippen MR) is 134 cm³/mol. The molecule has 3 fully saturated rings. The highest BCUT2D eigenvalue weighted by Gasteiger charge is 2.62. The summed E-state index contributed by atoms with van der Waals surface area (Å²) in [4.78, 5) is 40.7. The number of nitrogens with one attached hydrogen (secondary N) is 2. The van der Waals surface area contributed by atoms with Crippen LogP contribution in [0.3, 0.4) is 0 Å². The van der Waals surface area contributed by atoms with Gasteiger partial charge in [-0.15, -0.1) is 27.3 Å². The Hall–Kier alpha value is -1.34. The highest BCUT2D eigenvalue weighted by atomic mass is 127. The molecular formula is C22H34IN3O6S. The maximum Gasteiger partial charge on any atom is 0.260 e. The SMILES string of the molecule is C=CCCCCN(C)C(=O)[C@@H]1C[C@H](O)C[C@H]1C(=O)N[C@]1(C(=O)NS(=O)(=O)C2CC2)C[C@H]1I=C. The number of unbranched alkanes of at least 4 members (excludes halogenated alkanes) is 2. The highest BCUT2D eigenvalue weighted by molar-refractivity contribution is 14.2. The number of rotatable bonds is 12. The Kier molecular flexibility index (Phi) is 8.37. The number of nitrogens with zero attached hydrogens (tertiary/aromatic N) is 1. The van der Waals surface area contributed by atoms with Gasteiger partial charge in [-0.1, -0.05) is 10.6 Å². The van der Waals surface area contributed by atoms with Crippen molar-refractivity contribution in [1.29, 1.82) is 0 Å². The standard InChI is InChI=1S/C22H34IN3O6S/c1-4-5-6-7-10-26(3)20(29)17-12-14(27)11-16(17)19(28)24-22(13-18(22)23-2)21(30)25-33(31,32)15-8-9-15/h4,14-18,27H,1-2,5-13H2,3H3,(H,24,28)(H,25,30)/t14-,16-,17-,18-,22-/m1/s1. The second kappa shape index (κ2) is 10.5. The molecule has 9 nitrogen and oxygen atoms in total. The zero-order chi connectivity index (χ0) is 24.4. The smallest absolute Gasteiger partial charge is 0.260 e. The minimum atomic E-state index is -3.74. The van der Waals surface area contributed by atoms with Crippen molar-refractivity contribution in [1.82, 2.24) is 14.9 Å². The number of hydrogen-bond donors (Lipinski definition) is 3. The first kappa shape index (κ1) is 26.3. The number of alkyl halides is 1. The third-order valence-corrected chi connectivity index (χ3v) is 11.1. The normalized spacial score (nSPS) is 31.0. The number of allylic oxidation sites excluding steroid dienone is 1. The molecular weight excluding hydrogens is 561 g/mol. The predicted octanol–water partition coefficient (Wildman–Crippen LogP) is 0.827. The van der Waals surface area contributed by atoms with Gasteiger partial charge in [0.05, 0.1) is 23.2 Å². The van der Waals surface area contributed by atoms with Crippen LogP contribution in [0.5, 0.6) is 0 Å². The molecule has 3 aliphatic carbocycles. The van der Waals surface area contributed by atoms with Crippen molar-refractivity contribution in [3.05, 3.63) is 12.7 Å². The molecule has 186 valence electrons. The maximum absolute atomic E-state index is 13.2. The summed E-state index contributed by atoms with van der Waals surface area (Å²) in [6.45, 7) is 4.23. The number of amides is 3. The van der Waals surface area contributed by atoms with Gasteiger partial charge in [-0.3, -0.25) is 19.1 Å². The van der Waals surface area contributed by atoms with Crippen LogP contribution >= 0.6 is 20.7 Å². The van der Waals surface area contributed by atoms with Crippen LogP contribution in [0.4, 0.5) is 0 Å². The summed E-state index contributed by atoms with van der Waals surface area (Å²) in [5.74, 6) is -2.83. The third kappa shape index (κ3) is 6.02. The first-order valence-corrected chi connectivity index (χ1v) is 15.7. The summed E-state index contributed by atoms with van der Waals surface area (Å²) in [6, 6.07) is 0. The molecule has 0 radical (unpaired) electrons. The Morgan fingerprint density at radius 3 is 2.45 bits per heavy atom. The lowest BCUT2D eigenvalue weighted by molar-refractivity contribution is -0.140. The van der Waals surface area contributed by atoms with Crippen LogP contribution in [-0.2, 0) is 24.4 Å². The van der Waals surface area contributed by atoms with E-state index in [2.05, 4.69) is 21.1 Å². The molecule has 0 bridgehead atoms. The van der Waals surface area contributed by atoms with Gasteiger partial charge in [-0.25, -0.2) is 8.42 Å². The van der Waals surface area contributed by atoms with Gasteiger partial charge in [-0.2, -0.15) is 0 Å². The quantitative estimate of drug-likeness (QED) is 0.133. The van der Waals surface area contributed by atoms with E-state index in [1.165, 1.54) is 0 Å². The Bertz CT molecular complexity index is 921. The van der Waals surface area contributed by atoms with Crippen molar-refractivity contribution in [2.75, 3.05) is 13.6 Å². The fourth-order valence-corrected chi connectivity index (χ4v) is 7.99. The molecule has 5 atom stereocenters. The van der Waals surface area contributed by atoms with Crippen molar-refractivity contribution in [2.45, 2.75) is 72.2 Å². The zero-order valence-corrected chi connectivity index (χ0v) is 21.9. The van der Waals surface area contributed by atoms with Crippen LogP contribution in [0.15, 0.2) is 12.7 Å². The molecule has 11 heteroatoms. The van der Waals surface area contributed by atoms with E-state index in [0.29, 0.717) is 25.8 Å². The van der Waals surface area contributed by atoms with Crippen molar-refractivity contribution in [3.63, 3.8) is 0 Å². The van der Waals surface area contributed by atoms with E-state index in [0.717, 1.165) is 19.3 Å². The Morgan fingerprint density at radius 2 is 1.88 bits per heavy atom. The van der Waals surface area contributed by atoms with Crippen molar-refractivity contribution in [3.8, 4) is 0 Å². The third-order valence-electron chi connectivity index (χ3n) is 6.73. The van der Waals surface area contributed by atoms with Crippen molar-refractivity contribution < 1.29 is 27.9 Å². The van der Waals surface area contributed by atoms with E-state index >= 15 is 0 Å². The molecule has 0 aliphatic heterocycles. The van der Waals surface area contributed by atoms with Gasteiger partial charge < -0.3 is 15.3 Å². The largest absolute Gasteiger partial charge is 0.393 e. The van der Waals surface area contributed by atoms with Gasteiger partial charge in [0.1, 0.15) is 5.54 Å². The van der Waals surface area contributed by atoms with E-state index in [4.69, 9.17) is 0 Å². The Balaban J connectivity index is 1.67. The summed E-state index contributed by atoms with van der Waals surface area (Å²) in [5.41, 5.74) is -1.29. The molecule has 3 rings (SSSR count). The Labute approximate surface area is 205 Å². The van der Waals surface area contributed by atoms with Gasteiger partial charge >= 0.3 is 0 Å². The monoisotopic (exact) mass is 595 g/mol. The first-order chi connectivity index (χ1) is 15.6. The second-order valence-electron chi connectivity index (χ2n) is 9.34. The average molecular weight is 596 g/mol. The molecule has 3 amide bonds. The van der Waals surface area contributed by atoms with Crippen molar-refractivity contribution in [2.24, 2.45) is 11.8 Å². The number of carbonyl (C=O) groups excluding carboxylic acids is 3. The van der Waals surface area contributed by atoms with E-state index in [1.54, 1.807) is 11.9 Å². The van der Waals surface area contributed by atoms with Gasteiger partial charge in [0.15, 0.2) is 0 Å². The van der Waals surface area contributed by atoms with Crippen LogP contribution in [0, 0.1) is 11.8 Å². The lowest BCUT2D eigenvalue weighted by Crippen LogP contribution is -2.54. The fraction of sp³-hybridized carbons (Fsp3) is 0.727. The summed E-state index contributed by atoms with van der Waals surface area (Å²) in [7, 11) is -2.05. The van der Waals surface area contributed by atoms with E-state index in [1.807, 2.05) is 6.08 Å². The van der Waals surface area contributed by atoms with E-state index in [9.17, 15) is 27.9 Å². The van der Waals surface area contributed by atoms with Crippen LogP contribution in [0.2, 0.25) is 0 Å². The molecule has 33 heavy (non-hydrogen) atoms. The van der Waals surface area contributed by atoms with Crippen LogP contribution in [0.25, 0.3) is 0 Å². The minimum absolute atomic E-state index is 0.134. The topological polar surface area (TPSA) is 133 Å². The van der Waals surface area contributed by atoms with Gasteiger partial charge in [0, 0.05) is 17.5 Å². The first-order valence-electron chi connectivity index (χ1n) is 11.3. The highest BCUT2D eigenvalue weighted by Crippen LogP contribution is 2.47. The molecule has 0 saturated heterocycles. The zero-order valence-electron chi connectivity index (χ0n) is 19.0. The molecule has 3 aliphatic rings. The molecule has 0 aromatic heterocycles. The van der Waals surface area contributed by atoms with Crippen molar-refractivity contribution >= 4 is 53.0 Å². The summed E-state index contributed by atoms with van der Waals surface area (Å²) >= 11 is -0.659.